The summed E-state index contributed by atoms with van der Waals surface area (Å²) in [6.07, 6.45) is 0. The van der Waals surface area contributed by atoms with Gasteiger partial charge in [-0.1, -0.05) is 12.1 Å². The Labute approximate surface area is 96.5 Å². The van der Waals surface area contributed by atoms with Gasteiger partial charge in [0.2, 0.25) is 0 Å². The van der Waals surface area contributed by atoms with Gasteiger partial charge in [-0.15, -0.1) is 22.9 Å². The van der Waals surface area contributed by atoms with E-state index in [1.54, 1.807) is 17.4 Å². The number of nitrogens with zero attached hydrogens (tertiary/aromatic N) is 1. The van der Waals surface area contributed by atoms with Crippen LogP contribution in [-0.2, 0) is 5.88 Å². The van der Waals surface area contributed by atoms with Crippen LogP contribution in [0.2, 0.25) is 0 Å². The maximum Gasteiger partial charge on any atom is 0.123 e. The summed E-state index contributed by atoms with van der Waals surface area (Å²) in [5.41, 5.74) is 1.63. The molecule has 0 fully saturated rings. The minimum Gasteiger partial charge on any atom is -0.240 e. The van der Waals surface area contributed by atoms with Crippen LogP contribution in [0.1, 0.15) is 9.88 Å². The number of aromatic nitrogens is 1. The SMILES string of the molecule is Cc1sc(CCl)nc1-c1cccc(F)c1. The zero-order chi connectivity index (χ0) is 10.8. The number of aryl methyl sites for hydroxylation is 1. The van der Waals surface area contributed by atoms with Crippen LogP contribution in [0.4, 0.5) is 4.39 Å². The van der Waals surface area contributed by atoms with Crippen LogP contribution in [0.25, 0.3) is 11.3 Å². The molecule has 0 spiro atoms. The predicted molar refractivity (Wildman–Crippen MR) is 61.8 cm³/mol. The average Bonchev–Trinajstić information content (AvgIpc) is 2.60. The lowest BCUT2D eigenvalue weighted by atomic mass is 10.1. The quantitative estimate of drug-likeness (QED) is 0.725. The van der Waals surface area contributed by atoms with Crippen molar-refractivity contribution in [3.63, 3.8) is 0 Å². The second kappa shape index (κ2) is 4.29. The average molecular weight is 242 g/mol. The summed E-state index contributed by atoms with van der Waals surface area (Å²) in [5.74, 6) is 0.160. The lowest BCUT2D eigenvalue weighted by molar-refractivity contribution is 0.628. The van der Waals surface area contributed by atoms with Crippen LogP contribution in [0.3, 0.4) is 0 Å². The second-order valence-corrected chi connectivity index (χ2v) is 4.71. The standard InChI is InChI=1S/C11H9ClFNS/c1-7-11(14-10(6-12)15-7)8-3-2-4-9(13)5-8/h2-5H,6H2,1H3. The molecule has 1 nitrogen and oxygen atoms in total. The molecule has 0 bridgehead atoms. The molecule has 0 aliphatic carbocycles. The zero-order valence-electron chi connectivity index (χ0n) is 8.13. The third-order valence-corrected chi connectivity index (χ3v) is 3.44. The molecule has 0 radical (unpaired) electrons. The van der Waals surface area contributed by atoms with E-state index >= 15 is 0 Å². The first-order chi connectivity index (χ1) is 7.20. The molecule has 0 unspecified atom stereocenters. The molecular weight excluding hydrogens is 233 g/mol. The van der Waals surface area contributed by atoms with E-state index in [1.807, 2.05) is 13.0 Å². The van der Waals surface area contributed by atoms with Gasteiger partial charge in [0.05, 0.1) is 11.6 Å². The molecule has 4 heteroatoms. The number of hydrogen-bond donors (Lipinski definition) is 0. The van der Waals surface area contributed by atoms with Gasteiger partial charge in [0.1, 0.15) is 10.8 Å². The van der Waals surface area contributed by atoms with Crippen LogP contribution in [-0.4, -0.2) is 4.98 Å². The summed E-state index contributed by atoms with van der Waals surface area (Å²) in [6.45, 7) is 1.97. The van der Waals surface area contributed by atoms with Crippen molar-refractivity contribution in [3.8, 4) is 11.3 Å². The van der Waals surface area contributed by atoms with Crippen LogP contribution in [0.15, 0.2) is 24.3 Å². The highest BCUT2D eigenvalue weighted by Gasteiger charge is 2.09. The van der Waals surface area contributed by atoms with Crippen LogP contribution >= 0.6 is 22.9 Å². The molecule has 78 valence electrons. The molecule has 0 saturated carbocycles. The fraction of sp³-hybridized carbons (Fsp3) is 0.182. The van der Waals surface area contributed by atoms with E-state index in [1.165, 1.54) is 12.1 Å². The lowest BCUT2D eigenvalue weighted by Crippen LogP contribution is -1.83. The van der Waals surface area contributed by atoms with Gasteiger partial charge in [-0.2, -0.15) is 0 Å². The minimum atomic E-state index is -0.243. The molecule has 0 atom stereocenters. The first-order valence-corrected chi connectivity index (χ1v) is 5.84. The van der Waals surface area contributed by atoms with Crippen LogP contribution in [0.5, 0.6) is 0 Å². The lowest BCUT2D eigenvalue weighted by Gasteiger charge is -1.97. The second-order valence-electron chi connectivity index (χ2n) is 3.16. The summed E-state index contributed by atoms with van der Waals surface area (Å²) < 4.78 is 13.0. The van der Waals surface area contributed by atoms with Crippen molar-refractivity contribution < 1.29 is 4.39 Å². The monoisotopic (exact) mass is 241 g/mol. The zero-order valence-corrected chi connectivity index (χ0v) is 9.70. The number of benzene rings is 1. The van der Waals surface area contributed by atoms with E-state index in [2.05, 4.69) is 4.98 Å². The van der Waals surface area contributed by atoms with Crippen LogP contribution in [0, 0.1) is 12.7 Å². The third kappa shape index (κ3) is 2.19. The highest BCUT2D eigenvalue weighted by Crippen LogP contribution is 2.28. The Hall–Kier alpha value is -0.930. The van der Waals surface area contributed by atoms with E-state index in [4.69, 9.17) is 11.6 Å². The van der Waals surface area contributed by atoms with Gasteiger partial charge in [-0.3, -0.25) is 0 Å². The van der Waals surface area contributed by atoms with Gasteiger partial charge in [0.15, 0.2) is 0 Å². The summed E-state index contributed by atoms with van der Waals surface area (Å²) in [7, 11) is 0. The number of alkyl halides is 1. The Morgan fingerprint density at radius 2 is 2.27 bits per heavy atom. The fourth-order valence-corrected chi connectivity index (χ4v) is 2.44. The predicted octanol–water partition coefficient (Wildman–Crippen LogP) is 4.00. The van der Waals surface area contributed by atoms with E-state index < -0.39 is 0 Å². The molecule has 1 aromatic carbocycles. The molecule has 2 rings (SSSR count). The van der Waals surface area contributed by atoms with Gasteiger partial charge in [0.25, 0.3) is 0 Å². The minimum absolute atomic E-state index is 0.243. The maximum atomic E-state index is 13.0. The maximum absolute atomic E-state index is 13.0. The smallest absolute Gasteiger partial charge is 0.123 e. The van der Waals surface area contributed by atoms with Crippen LogP contribution < -0.4 is 0 Å². The Bertz CT molecular complexity index is 481. The van der Waals surface area contributed by atoms with Crippen molar-refractivity contribution >= 4 is 22.9 Å². The molecule has 0 aliphatic heterocycles. The first-order valence-electron chi connectivity index (χ1n) is 4.49. The molecule has 2 aromatic rings. The Balaban J connectivity index is 2.48. The van der Waals surface area contributed by atoms with Crippen molar-refractivity contribution in [1.82, 2.24) is 4.98 Å². The fourth-order valence-electron chi connectivity index (χ4n) is 1.41. The Kier molecular flexibility index (Phi) is 3.03. The van der Waals surface area contributed by atoms with Crippen molar-refractivity contribution in [2.75, 3.05) is 0 Å². The van der Waals surface area contributed by atoms with Crippen molar-refractivity contribution in [1.29, 1.82) is 0 Å². The van der Waals surface area contributed by atoms with Gasteiger partial charge >= 0.3 is 0 Å². The largest absolute Gasteiger partial charge is 0.240 e. The summed E-state index contributed by atoms with van der Waals surface area (Å²) in [6, 6.07) is 6.45. The first kappa shape index (κ1) is 10.6. The molecule has 15 heavy (non-hydrogen) atoms. The van der Waals surface area contributed by atoms with Gasteiger partial charge in [-0.05, 0) is 19.1 Å². The normalized spacial score (nSPS) is 10.6. The third-order valence-electron chi connectivity index (χ3n) is 2.05. The Morgan fingerprint density at radius 1 is 1.47 bits per heavy atom. The number of hydrogen-bond acceptors (Lipinski definition) is 2. The summed E-state index contributed by atoms with van der Waals surface area (Å²) >= 11 is 7.25. The summed E-state index contributed by atoms with van der Waals surface area (Å²) in [4.78, 5) is 5.43. The highest BCUT2D eigenvalue weighted by molar-refractivity contribution is 7.12. The summed E-state index contributed by atoms with van der Waals surface area (Å²) in [5, 5.41) is 0.869. The number of halogens is 2. The molecular formula is C11H9ClFNS. The number of rotatable bonds is 2. The van der Waals surface area contributed by atoms with Crippen molar-refractivity contribution in [2.45, 2.75) is 12.8 Å². The molecule has 0 N–H and O–H groups in total. The van der Waals surface area contributed by atoms with Crippen molar-refractivity contribution in [3.05, 3.63) is 40.0 Å². The molecule has 0 aliphatic rings. The van der Waals surface area contributed by atoms with Gasteiger partial charge in [0, 0.05) is 10.4 Å². The Morgan fingerprint density at radius 3 is 2.87 bits per heavy atom. The van der Waals surface area contributed by atoms with E-state index in [0.717, 1.165) is 21.1 Å². The topological polar surface area (TPSA) is 12.9 Å². The van der Waals surface area contributed by atoms with E-state index in [9.17, 15) is 4.39 Å². The molecule has 1 aromatic heterocycles. The highest BCUT2D eigenvalue weighted by atomic mass is 35.5. The van der Waals surface area contributed by atoms with Crippen molar-refractivity contribution in [2.24, 2.45) is 0 Å². The van der Waals surface area contributed by atoms with Gasteiger partial charge < -0.3 is 0 Å². The molecule has 0 amide bonds. The van der Waals surface area contributed by atoms with Gasteiger partial charge in [-0.25, -0.2) is 9.37 Å². The van der Waals surface area contributed by atoms with E-state index in [0.29, 0.717) is 5.88 Å². The van der Waals surface area contributed by atoms with E-state index in [-0.39, 0.29) is 5.82 Å². The number of thiazole rings is 1. The molecule has 1 heterocycles. The molecule has 0 saturated heterocycles.